The quantitative estimate of drug-likeness (QED) is 0.583. The minimum absolute atomic E-state index is 0.0465. The van der Waals surface area contributed by atoms with Crippen molar-refractivity contribution in [3.63, 3.8) is 0 Å². The number of barbiturate groups is 1. The van der Waals surface area contributed by atoms with Gasteiger partial charge >= 0.3 is 6.03 Å². The third-order valence-electron chi connectivity index (χ3n) is 6.40. The number of benzene rings is 2. The highest BCUT2D eigenvalue weighted by atomic mass is 16.5. The summed E-state index contributed by atoms with van der Waals surface area (Å²) >= 11 is 0. The maximum Gasteiger partial charge on any atom is 0.335 e. The van der Waals surface area contributed by atoms with Gasteiger partial charge in [-0.15, -0.1) is 0 Å². The first kappa shape index (κ1) is 21.6. The van der Waals surface area contributed by atoms with Crippen molar-refractivity contribution in [1.82, 2.24) is 5.32 Å². The van der Waals surface area contributed by atoms with Crippen molar-refractivity contribution in [2.45, 2.75) is 38.6 Å². The Hall–Kier alpha value is -3.61. The third-order valence-corrected chi connectivity index (χ3v) is 6.40. The molecule has 2 aromatic carbocycles. The fraction of sp³-hybridized carbons (Fsp3) is 0.320. The number of carbonyl (C=O) groups is 3. The number of urea groups is 1. The van der Waals surface area contributed by atoms with Gasteiger partial charge in [0.05, 0.1) is 12.8 Å². The van der Waals surface area contributed by atoms with E-state index in [1.807, 2.05) is 18.2 Å². The zero-order chi connectivity index (χ0) is 23.2. The minimum atomic E-state index is -0.773. The van der Waals surface area contributed by atoms with Gasteiger partial charge in [-0.1, -0.05) is 13.0 Å². The highest BCUT2D eigenvalue weighted by Crippen LogP contribution is 2.42. The molecule has 1 fully saturated rings. The molecule has 0 bridgehead atoms. The number of carbonyl (C=O) groups excluding carboxylic acids is 3. The fourth-order valence-electron chi connectivity index (χ4n) is 4.48. The number of methoxy groups -OCH3 is 1. The van der Waals surface area contributed by atoms with Crippen molar-refractivity contribution in [3.05, 3.63) is 59.2 Å². The monoisotopic (exact) mass is 433 g/mol. The first-order chi connectivity index (χ1) is 15.1. The van der Waals surface area contributed by atoms with Gasteiger partial charge in [0.2, 0.25) is 0 Å². The first-order valence-corrected chi connectivity index (χ1v) is 10.6. The molecule has 2 aliphatic heterocycles. The van der Waals surface area contributed by atoms with Crippen LogP contribution in [0, 0.1) is 0 Å². The fourth-order valence-corrected chi connectivity index (χ4v) is 4.48. The first-order valence-electron chi connectivity index (χ1n) is 10.6. The lowest BCUT2D eigenvalue weighted by Gasteiger charge is -2.45. The highest BCUT2D eigenvalue weighted by Gasteiger charge is 2.37. The highest BCUT2D eigenvalue weighted by molar-refractivity contribution is 6.39. The molecule has 166 valence electrons. The van der Waals surface area contributed by atoms with Gasteiger partial charge in [-0.2, -0.15) is 0 Å². The summed E-state index contributed by atoms with van der Waals surface area (Å²) in [5.41, 5.74) is 3.38. The van der Waals surface area contributed by atoms with Gasteiger partial charge < -0.3 is 9.64 Å². The zero-order valence-corrected chi connectivity index (χ0v) is 18.9. The molecule has 0 saturated carbocycles. The molecule has 1 unspecified atom stereocenters. The average molecular weight is 434 g/mol. The Bertz CT molecular complexity index is 1130. The SMILES string of the molecule is COc1ccc(N2C(=O)NC(=O)/C(=C/c3ccc4c(c3)C(C)CC(C)(C)N4C)C2=O)cc1. The number of nitrogens with zero attached hydrogens (tertiary/aromatic N) is 2. The summed E-state index contributed by atoms with van der Waals surface area (Å²) < 4.78 is 5.13. The van der Waals surface area contributed by atoms with Crippen LogP contribution >= 0.6 is 0 Å². The molecule has 7 heteroatoms. The van der Waals surface area contributed by atoms with Crippen LogP contribution in [-0.4, -0.2) is 37.5 Å². The standard InChI is InChI=1S/C25H27N3O4/c1-15-14-25(2,3)27(4)21-11-6-16(12-19(15)21)13-20-22(29)26-24(31)28(23(20)30)17-7-9-18(32-5)10-8-17/h6-13,15H,14H2,1-5H3,(H,26,29,31)/b20-13-. The molecule has 1 saturated heterocycles. The van der Waals surface area contributed by atoms with Crippen molar-refractivity contribution in [1.29, 1.82) is 0 Å². The van der Waals surface area contributed by atoms with E-state index in [2.05, 4.69) is 38.0 Å². The molecule has 32 heavy (non-hydrogen) atoms. The predicted octanol–water partition coefficient (Wildman–Crippen LogP) is 4.08. The summed E-state index contributed by atoms with van der Waals surface area (Å²) in [4.78, 5) is 41.3. The van der Waals surface area contributed by atoms with E-state index in [0.29, 0.717) is 17.4 Å². The lowest BCUT2D eigenvalue weighted by atomic mass is 9.80. The smallest absolute Gasteiger partial charge is 0.335 e. The van der Waals surface area contributed by atoms with Crippen LogP contribution in [0.25, 0.3) is 6.08 Å². The van der Waals surface area contributed by atoms with Crippen molar-refractivity contribution in [2.24, 2.45) is 0 Å². The molecule has 7 nitrogen and oxygen atoms in total. The van der Waals surface area contributed by atoms with Crippen molar-refractivity contribution in [2.75, 3.05) is 24.0 Å². The van der Waals surface area contributed by atoms with Crippen molar-refractivity contribution < 1.29 is 19.1 Å². The Morgan fingerprint density at radius 1 is 1.09 bits per heavy atom. The number of nitrogens with one attached hydrogen (secondary N) is 1. The molecule has 2 heterocycles. The summed E-state index contributed by atoms with van der Waals surface area (Å²) in [6, 6.07) is 11.7. The molecule has 0 aromatic heterocycles. The second kappa shape index (κ2) is 7.82. The Morgan fingerprint density at radius 2 is 1.78 bits per heavy atom. The van der Waals surface area contributed by atoms with E-state index in [4.69, 9.17) is 4.74 Å². The van der Waals surface area contributed by atoms with Crippen LogP contribution in [0.2, 0.25) is 0 Å². The van der Waals surface area contributed by atoms with Gasteiger partial charge in [0.15, 0.2) is 0 Å². The van der Waals surface area contributed by atoms with E-state index in [9.17, 15) is 14.4 Å². The zero-order valence-electron chi connectivity index (χ0n) is 18.9. The number of rotatable bonds is 3. The Morgan fingerprint density at radius 3 is 2.44 bits per heavy atom. The van der Waals surface area contributed by atoms with Gasteiger partial charge in [0.1, 0.15) is 11.3 Å². The predicted molar refractivity (Wildman–Crippen MR) is 124 cm³/mol. The average Bonchev–Trinajstić information content (AvgIpc) is 2.75. The van der Waals surface area contributed by atoms with Gasteiger partial charge in [0, 0.05) is 18.3 Å². The lowest BCUT2D eigenvalue weighted by molar-refractivity contribution is -0.122. The second-order valence-corrected chi connectivity index (χ2v) is 8.95. The number of hydrogen-bond acceptors (Lipinski definition) is 5. The summed E-state index contributed by atoms with van der Waals surface area (Å²) in [5, 5.41) is 2.27. The summed E-state index contributed by atoms with van der Waals surface area (Å²) in [6.07, 6.45) is 2.54. The maximum atomic E-state index is 13.1. The van der Waals surface area contributed by atoms with Gasteiger partial charge in [-0.05, 0) is 79.8 Å². The molecule has 0 aliphatic carbocycles. The topological polar surface area (TPSA) is 79.0 Å². The second-order valence-electron chi connectivity index (χ2n) is 8.95. The van der Waals surface area contributed by atoms with Crippen molar-refractivity contribution in [3.8, 4) is 5.75 Å². The van der Waals surface area contributed by atoms with E-state index in [-0.39, 0.29) is 11.1 Å². The maximum absolute atomic E-state index is 13.1. The molecule has 4 rings (SSSR count). The van der Waals surface area contributed by atoms with Gasteiger partial charge in [0.25, 0.3) is 11.8 Å². The number of fused-ring (bicyclic) bond motifs is 1. The molecule has 2 aromatic rings. The minimum Gasteiger partial charge on any atom is -0.497 e. The molecule has 4 amide bonds. The van der Waals surface area contributed by atoms with E-state index in [1.165, 1.54) is 12.7 Å². The van der Waals surface area contributed by atoms with Crippen LogP contribution in [0.3, 0.4) is 0 Å². The number of amides is 4. The van der Waals surface area contributed by atoms with Crippen LogP contribution in [0.5, 0.6) is 5.75 Å². The normalized spacial score (nSPS) is 21.5. The lowest BCUT2D eigenvalue weighted by Crippen LogP contribution is -2.54. The number of hydrogen-bond donors (Lipinski definition) is 1. The summed E-state index contributed by atoms with van der Waals surface area (Å²) in [6.45, 7) is 6.63. The molecule has 0 spiro atoms. The van der Waals surface area contributed by atoms with Crippen LogP contribution in [0.4, 0.5) is 16.2 Å². The molecule has 1 N–H and O–H groups in total. The third kappa shape index (κ3) is 3.64. The molecule has 1 atom stereocenters. The van der Waals surface area contributed by atoms with Crippen LogP contribution in [0.15, 0.2) is 48.0 Å². The van der Waals surface area contributed by atoms with Gasteiger partial charge in [-0.25, -0.2) is 9.69 Å². The summed E-state index contributed by atoms with van der Waals surface area (Å²) in [5.74, 6) is -0.425. The van der Waals surface area contributed by atoms with E-state index in [1.54, 1.807) is 30.3 Å². The van der Waals surface area contributed by atoms with E-state index < -0.39 is 17.8 Å². The van der Waals surface area contributed by atoms with E-state index in [0.717, 1.165) is 22.6 Å². The Labute approximate surface area is 187 Å². The van der Waals surface area contributed by atoms with Crippen molar-refractivity contribution >= 4 is 35.3 Å². The van der Waals surface area contributed by atoms with Crippen LogP contribution < -0.4 is 19.9 Å². The van der Waals surface area contributed by atoms with Crippen LogP contribution in [-0.2, 0) is 9.59 Å². The van der Waals surface area contributed by atoms with Crippen LogP contribution in [0.1, 0.15) is 44.2 Å². The largest absolute Gasteiger partial charge is 0.497 e. The molecule has 0 radical (unpaired) electrons. The Balaban J connectivity index is 1.70. The molecular formula is C25H27N3O4. The molecular weight excluding hydrogens is 406 g/mol. The number of imide groups is 2. The van der Waals surface area contributed by atoms with Gasteiger partial charge in [-0.3, -0.25) is 14.9 Å². The Kier molecular flexibility index (Phi) is 5.28. The summed E-state index contributed by atoms with van der Waals surface area (Å²) in [7, 11) is 3.62. The number of anilines is 2. The molecule has 2 aliphatic rings. The van der Waals surface area contributed by atoms with E-state index >= 15 is 0 Å². The number of ether oxygens (including phenoxy) is 1.